The Bertz CT molecular complexity index is 497. The molecule has 3 heteroatoms. The average Bonchev–Trinajstić information content (AvgIpc) is 2.36. The van der Waals surface area contributed by atoms with Crippen molar-refractivity contribution in [2.45, 2.75) is 53.1 Å². The van der Waals surface area contributed by atoms with Crippen LogP contribution in [0.1, 0.15) is 45.4 Å². The number of hydrogen-bond acceptors (Lipinski definition) is 3. The van der Waals surface area contributed by atoms with E-state index in [-0.39, 0.29) is 5.54 Å². The lowest BCUT2D eigenvalue weighted by molar-refractivity contribution is 0.424. The van der Waals surface area contributed by atoms with Crippen molar-refractivity contribution < 1.29 is 0 Å². The molecular weight excluding hydrogens is 246 g/mol. The summed E-state index contributed by atoms with van der Waals surface area (Å²) in [6.45, 7) is 13.9. The third-order valence-corrected chi connectivity index (χ3v) is 3.58. The first-order chi connectivity index (χ1) is 9.35. The van der Waals surface area contributed by atoms with E-state index < -0.39 is 0 Å². The molecule has 0 aliphatic carbocycles. The summed E-state index contributed by atoms with van der Waals surface area (Å²) < 4.78 is 0. The van der Waals surface area contributed by atoms with Crippen molar-refractivity contribution in [2.24, 2.45) is 0 Å². The standard InChI is InChI=1S/C17H27N3/c1-13-7-6-8-20(12-13)16-9-14(2)18-10-15(16)11-19-17(3,4)5/h7,9-10,19H,6,8,11-12H2,1-5H3. The highest BCUT2D eigenvalue weighted by Crippen LogP contribution is 2.25. The van der Waals surface area contributed by atoms with Gasteiger partial charge in [-0.15, -0.1) is 0 Å². The number of rotatable bonds is 3. The van der Waals surface area contributed by atoms with E-state index in [1.54, 1.807) is 0 Å². The number of nitrogens with one attached hydrogen (secondary N) is 1. The molecule has 2 rings (SSSR count). The van der Waals surface area contributed by atoms with Crippen molar-refractivity contribution in [1.29, 1.82) is 0 Å². The molecule has 3 nitrogen and oxygen atoms in total. The van der Waals surface area contributed by atoms with E-state index in [1.165, 1.54) is 16.8 Å². The average molecular weight is 273 g/mol. The topological polar surface area (TPSA) is 28.2 Å². The maximum Gasteiger partial charge on any atom is 0.0448 e. The smallest absolute Gasteiger partial charge is 0.0448 e. The lowest BCUT2D eigenvalue weighted by Gasteiger charge is -2.31. The minimum atomic E-state index is 0.125. The molecule has 0 atom stereocenters. The van der Waals surface area contributed by atoms with E-state index in [0.717, 1.165) is 31.7 Å². The van der Waals surface area contributed by atoms with Gasteiger partial charge in [-0.05, 0) is 47.1 Å². The molecule has 0 amide bonds. The van der Waals surface area contributed by atoms with Crippen LogP contribution in [0.15, 0.2) is 23.9 Å². The molecular formula is C17H27N3. The Balaban J connectivity index is 2.22. The normalized spacial score (nSPS) is 16.2. The molecule has 110 valence electrons. The van der Waals surface area contributed by atoms with Crippen molar-refractivity contribution in [3.63, 3.8) is 0 Å². The zero-order chi connectivity index (χ0) is 14.8. The second-order valence-electron chi connectivity index (χ2n) is 6.82. The third-order valence-electron chi connectivity index (χ3n) is 3.58. The molecule has 2 heterocycles. The van der Waals surface area contributed by atoms with E-state index in [2.05, 4.69) is 62.0 Å². The third kappa shape index (κ3) is 4.07. The monoisotopic (exact) mass is 273 g/mol. The molecule has 0 bridgehead atoms. The predicted octanol–water partition coefficient (Wildman–Crippen LogP) is 3.43. The van der Waals surface area contributed by atoms with Gasteiger partial charge in [-0.1, -0.05) is 11.6 Å². The van der Waals surface area contributed by atoms with Crippen LogP contribution in [0.5, 0.6) is 0 Å². The van der Waals surface area contributed by atoms with Crippen LogP contribution in [-0.4, -0.2) is 23.6 Å². The van der Waals surface area contributed by atoms with Crippen LogP contribution < -0.4 is 10.2 Å². The molecule has 1 aliphatic heterocycles. The molecule has 1 aromatic rings. The molecule has 1 N–H and O–H groups in total. The van der Waals surface area contributed by atoms with Gasteiger partial charge in [-0.3, -0.25) is 4.98 Å². The summed E-state index contributed by atoms with van der Waals surface area (Å²) >= 11 is 0. The van der Waals surface area contributed by atoms with Crippen molar-refractivity contribution in [2.75, 3.05) is 18.0 Å². The highest BCUT2D eigenvalue weighted by Gasteiger charge is 2.16. The summed E-state index contributed by atoms with van der Waals surface area (Å²) in [5.41, 5.74) is 5.30. The van der Waals surface area contributed by atoms with Crippen molar-refractivity contribution in [3.8, 4) is 0 Å². The molecule has 1 aromatic heterocycles. The first-order valence-corrected chi connectivity index (χ1v) is 7.46. The summed E-state index contributed by atoms with van der Waals surface area (Å²) in [5.74, 6) is 0. The molecule has 0 aromatic carbocycles. The van der Waals surface area contributed by atoms with Crippen LogP contribution in [0.4, 0.5) is 5.69 Å². The number of pyridine rings is 1. The fourth-order valence-electron chi connectivity index (χ4n) is 2.48. The summed E-state index contributed by atoms with van der Waals surface area (Å²) in [4.78, 5) is 6.95. The highest BCUT2D eigenvalue weighted by atomic mass is 15.1. The Kier molecular flexibility index (Phi) is 4.48. The van der Waals surface area contributed by atoms with Crippen LogP contribution >= 0.6 is 0 Å². The maximum absolute atomic E-state index is 4.47. The Hall–Kier alpha value is -1.35. The van der Waals surface area contributed by atoms with E-state index in [1.807, 2.05) is 6.20 Å². The Morgan fingerprint density at radius 1 is 1.30 bits per heavy atom. The zero-order valence-corrected chi connectivity index (χ0v) is 13.5. The highest BCUT2D eigenvalue weighted by molar-refractivity contribution is 5.55. The molecule has 0 spiro atoms. The lowest BCUT2D eigenvalue weighted by Crippen LogP contribution is -2.36. The largest absolute Gasteiger partial charge is 0.367 e. The van der Waals surface area contributed by atoms with Crippen LogP contribution in [-0.2, 0) is 6.54 Å². The number of aryl methyl sites for hydroxylation is 1. The maximum atomic E-state index is 4.47. The minimum Gasteiger partial charge on any atom is -0.367 e. The van der Waals surface area contributed by atoms with Crippen LogP contribution in [0.2, 0.25) is 0 Å². The fourth-order valence-corrected chi connectivity index (χ4v) is 2.48. The zero-order valence-electron chi connectivity index (χ0n) is 13.5. The summed E-state index contributed by atoms with van der Waals surface area (Å²) in [6.07, 6.45) is 5.51. The molecule has 0 radical (unpaired) electrons. The van der Waals surface area contributed by atoms with Gasteiger partial charge >= 0.3 is 0 Å². The second kappa shape index (κ2) is 5.96. The summed E-state index contributed by atoms with van der Waals surface area (Å²) in [7, 11) is 0. The van der Waals surface area contributed by atoms with Gasteiger partial charge in [0.05, 0.1) is 0 Å². The van der Waals surface area contributed by atoms with E-state index in [9.17, 15) is 0 Å². The van der Waals surface area contributed by atoms with Gasteiger partial charge < -0.3 is 10.2 Å². The predicted molar refractivity (Wildman–Crippen MR) is 86.2 cm³/mol. The molecule has 20 heavy (non-hydrogen) atoms. The molecule has 0 saturated carbocycles. The quantitative estimate of drug-likeness (QED) is 0.855. The van der Waals surface area contributed by atoms with Gasteiger partial charge in [-0.25, -0.2) is 0 Å². The van der Waals surface area contributed by atoms with Crippen LogP contribution in [0, 0.1) is 6.92 Å². The van der Waals surface area contributed by atoms with E-state index in [0.29, 0.717) is 0 Å². The molecule has 1 aliphatic rings. The van der Waals surface area contributed by atoms with Gasteiger partial charge in [0.15, 0.2) is 0 Å². The number of aromatic nitrogens is 1. The van der Waals surface area contributed by atoms with Crippen molar-refractivity contribution in [3.05, 3.63) is 35.2 Å². The number of hydrogen-bond donors (Lipinski definition) is 1. The van der Waals surface area contributed by atoms with Crippen molar-refractivity contribution >= 4 is 5.69 Å². The van der Waals surface area contributed by atoms with Gasteiger partial charge in [0.25, 0.3) is 0 Å². The summed E-state index contributed by atoms with van der Waals surface area (Å²) in [5, 5.41) is 3.57. The van der Waals surface area contributed by atoms with Crippen molar-refractivity contribution in [1.82, 2.24) is 10.3 Å². The SMILES string of the molecule is CC1=CCCN(c2cc(C)ncc2CNC(C)(C)C)C1. The molecule has 0 saturated heterocycles. The van der Waals surface area contributed by atoms with E-state index >= 15 is 0 Å². The Morgan fingerprint density at radius 2 is 2.05 bits per heavy atom. The number of anilines is 1. The first-order valence-electron chi connectivity index (χ1n) is 7.46. The first kappa shape index (κ1) is 15.0. The lowest BCUT2D eigenvalue weighted by atomic mass is 10.1. The summed E-state index contributed by atoms with van der Waals surface area (Å²) in [6, 6.07) is 2.22. The molecule has 0 fully saturated rings. The van der Waals surface area contributed by atoms with Gasteiger partial charge in [-0.2, -0.15) is 0 Å². The Morgan fingerprint density at radius 3 is 2.70 bits per heavy atom. The minimum absolute atomic E-state index is 0.125. The van der Waals surface area contributed by atoms with Gasteiger partial charge in [0.2, 0.25) is 0 Å². The van der Waals surface area contributed by atoms with Gasteiger partial charge in [0, 0.05) is 48.3 Å². The fraction of sp³-hybridized carbons (Fsp3) is 0.588. The molecule has 0 unspecified atom stereocenters. The van der Waals surface area contributed by atoms with E-state index in [4.69, 9.17) is 0 Å². The van der Waals surface area contributed by atoms with Crippen LogP contribution in [0.3, 0.4) is 0 Å². The number of nitrogens with zero attached hydrogens (tertiary/aromatic N) is 2. The van der Waals surface area contributed by atoms with Crippen LogP contribution in [0.25, 0.3) is 0 Å². The Labute approximate surface area is 123 Å². The second-order valence-corrected chi connectivity index (χ2v) is 6.82. The van der Waals surface area contributed by atoms with Gasteiger partial charge in [0.1, 0.15) is 0 Å².